The number of rotatable bonds is 15. The molecule has 0 radical (unpaired) electrons. The Balaban J connectivity index is 0. The number of nitrogens with zero attached hydrogens (tertiary/aromatic N) is 3. The second-order valence-electron chi connectivity index (χ2n) is 10.9. The van der Waals surface area contributed by atoms with Gasteiger partial charge >= 0.3 is 20.2 Å². The van der Waals surface area contributed by atoms with Crippen molar-refractivity contribution in [2.45, 2.75) is 136 Å². The minimum atomic E-state index is -3.04. The quantitative estimate of drug-likeness (QED) is 0.0362. The van der Waals surface area contributed by atoms with Crippen LogP contribution in [0.5, 0.6) is 0 Å². The molecule has 0 aromatic heterocycles. The van der Waals surface area contributed by atoms with E-state index in [1.165, 1.54) is 6.92 Å². The highest BCUT2D eigenvalue weighted by atomic mass is 31.1. The van der Waals surface area contributed by atoms with Gasteiger partial charge in [-0.25, -0.2) is 14.8 Å². The third kappa shape index (κ3) is 16.4. The Bertz CT molecular complexity index is 1130. The van der Waals surface area contributed by atoms with E-state index in [0.717, 1.165) is 25.7 Å². The monoisotopic (exact) mass is 706 g/mol. The first-order valence-corrected chi connectivity index (χ1v) is 17.2. The lowest BCUT2D eigenvalue weighted by Gasteiger charge is -2.36. The van der Waals surface area contributed by atoms with Gasteiger partial charge in [-0.05, 0) is 74.6 Å². The summed E-state index contributed by atoms with van der Waals surface area (Å²) in [6.07, 6.45) is 6.80. The highest BCUT2D eigenvalue weighted by Crippen LogP contribution is 2.26. The van der Waals surface area contributed by atoms with E-state index in [1.54, 1.807) is 26.0 Å². The number of hydrogen-bond acceptors (Lipinski definition) is 14. The summed E-state index contributed by atoms with van der Waals surface area (Å²) in [5.74, 6) is -0.926. The van der Waals surface area contributed by atoms with Gasteiger partial charge in [0.1, 0.15) is 0 Å². The summed E-state index contributed by atoms with van der Waals surface area (Å²) in [5.41, 5.74) is 21.9. The topological polar surface area (TPSA) is 271 Å². The van der Waals surface area contributed by atoms with Crippen LogP contribution in [0.2, 0.25) is 0 Å². The molecule has 17 nitrogen and oxygen atoms in total. The molecule has 7 atom stereocenters. The van der Waals surface area contributed by atoms with Gasteiger partial charge in [-0.2, -0.15) is 0 Å². The first kappa shape index (κ1) is 45.0. The smallest absolute Gasteiger partial charge is 0.521 e. The minimum Gasteiger partial charge on any atom is -0.565 e. The van der Waals surface area contributed by atoms with Crippen molar-refractivity contribution in [2.24, 2.45) is 16.6 Å². The summed E-state index contributed by atoms with van der Waals surface area (Å²) in [7, 11) is -3.04. The molecule has 0 saturated heterocycles. The van der Waals surface area contributed by atoms with Crippen LogP contribution >= 0.6 is 8.25 Å². The van der Waals surface area contributed by atoms with Gasteiger partial charge in [-0.3, -0.25) is 4.79 Å². The summed E-state index contributed by atoms with van der Waals surface area (Å²) in [4.78, 5) is 47.0. The van der Waals surface area contributed by atoms with Crippen molar-refractivity contribution in [3.63, 3.8) is 0 Å². The van der Waals surface area contributed by atoms with E-state index in [-0.39, 0.29) is 44.0 Å². The number of nitrogens with two attached hydrogens (primary N) is 2. The Hall–Kier alpha value is -2.98. The zero-order valence-corrected chi connectivity index (χ0v) is 29.8. The van der Waals surface area contributed by atoms with Crippen molar-refractivity contribution < 1.29 is 54.1 Å². The molecule has 2 aliphatic rings. The minimum absolute atomic E-state index is 0. The lowest BCUT2D eigenvalue weighted by atomic mass is 9.88. The van der Waals surface area contributed by atoms with Crippen molar-refractivity contribution in [1.29, 1.82) is 0 Å². The third-order valence-electron chi connectivity index (χ3n) is 7.49. The molecule has 0 aromatic carbocycles. The maximum atomic E-state index is 12.0. The number of carbonyl (C=O) groups is 3. The van der Waals surface area contributed by atoms with Crippen molar-refractivity contribution in [3.8, 4) is 0 Å². The average Bonchev–Trinajstić information content (AvgIpc) is 3.05. The van der Waals surface area contributed by atoms with Crippen LogP contribution in [0.15, 0.2) is 28.4 Å². The molecule has 18 heteroatoms. The Morgan fingerprint density at radius 3 is 1.81 bits per heavy atom. The number of azide groups is 1. The molecule has 0 saturated carbocycles. The number of ether oxygens (including phenoxy) is 4. The third-order valence-corrected chi connectivity index (χ3v) is 7.62. The highest BCUT2D eigenvalue weighted by Gasteiger charge is 2.36. The first-order valence-electron chi connectivity index (χ1n) is 16.1. The van der Waals surface area contributed by atoms with Gasteiger partial charge < -0.3 is 40.6 Å². The molecule has 2 rings (SSSR count). The zero-order valence-electron chi connectivity index (χ0n) is 28.9. The van der Waals surface area contributed by atoms with Gasteiger partial charge in [-0.1, -0.05) is 32.8 Å². The number of hydrogen-bond donors (Lipinski definition) is 4. The van der Waals surface area contributed by atoms with Crippen molar-refractivity contribution >= 4 is 26.1 Å². The molecule has 0 spiro atoms. The van der Waals surface area contributed by atoms with Gasteiger partial charge in [0.2, 0.25) is 5.91 Å². The van der Waals surface area contributed by atoms with Crippen LogP contribution in [0.3, 0.4) is 0 Å². The van der Waals surface area contributed by atoms with E-state index in [9.17, 15) is 14.4 Å². The molecule has 0 heterocycles. The van der Waals surface area contributed by atoms with Crippen LogP contribution in [0.4, 0.5) is 0 Å². The summed E-state index contributed by atoms with van der Waals surface area (Å²) in [6.45, 7) is 13.7. The maximum Gasteiger partial charge on any atom is 0.521 e. The summed E-state index contributed by atoms with van der Waals surface area (Å²) in [6, 6.07) is -1.68. The van der Waals surface area contributed by atoms with Crippen LogP contribution in [-0.2, 0) is 42.6 Å². The highest BCUT2D eigenvalue weighted by molar-refractivity contribution is 7.30. The van der Waals surface area contributed by atoms with Gasteiger partial charge in [0.05, 0.1) is 49.7 Å². The van der Waals surface area contributed by atoms with Gasteiger partial charge in [0.15, 0.2) is 0 Å². The molecule has 2 aliphatic carbocycles. The van der Waals surface area contributed by atoms with Crippen molar-refractivity contribution in [2.75, 3.05) is 13.2 Å². The van der Waals surface area contributed by atoms with E-state index in [0.29, 0.717) is 30.8 Å². The van der Waals surface area contributed by atoms with E-state index < -0.39 is 38.5 Å². The predicted molar refractivity (Wildman–Crippen MR) is 177 cm³/mol. The van der Waals surface area contributed by atoms with Crippen molar-refractivity contribution in [1.82, 2.24) is 5.32 Å². The molecule has 6 N–H and O–H groups in total. The van der Waals surface area contributed by atoms with Crippen LogP contribution < -0.4 is 21.7 Å². The Morgan fingerprint density at radius 1 is 0.979 bits per heavy atom. The standard InChI is InChI=1S/C16H28N2O4.C14H24N4O3.HO4P.H2/c1-5-12(6-2)22-14-9-11(16(20)21-7-3)8-13(17)15(14)18-10(4)19;1-4-10(5-2)21-12-8-9(14(19)20-6-3)7-11(13(12)15)17-18-16;1-4-5(2)3;/h9,12-15H,5-8,17H2,1-4H3,(H,18,19);8,10-13H,4-7,15H2,1-3H3;1H;1H/t13-,14+,15+;11-,12+,13+;;/m00../s1. The largest absolute Gasteiger partial charge is 0.565 e. The molecule has 48 heavy (non-hydrogen) atoms. The van der Waals surface area contributed by atoms with Crippen LogP contribution in [-0.4, -0.2) is 84.9 Å². The maximum absolute atomic E-state index is 12.0. The lowest BCUT2D eigenvalue weighted by molar-refractivity contribution is -0.244. The lowest BCUT2D eigenvalue weighted by Crippen LogP contribution is -2.57. The van der Waals surface area contributed by atoms with Crippen LogP contribution in [0.1, 0.15) is 88.4 Å². The molecule has 276 valence electrons. The molecule has 1 unspecified atom stereocenters. The second-order valence-corrected chi connectivity index (χ2v) is 11.5. The normalized spacial score (nSPS) is 23.6. The van der Waals surface area contributed by atoms with E-state index in [1.807, 2.05) is 27.7 Å². The zero-order chi connectivity index (χ0) is 36.8. The number of esters is 2. The second kappa shape index (κ2) is 25.1. The summed E-state index contributed by atoms with van der Waals surface area (Å²) < 4.78 is 33.7. The summed E-state index contributed by atoms with van der Waals surface area (Å²) in [5, 5.41) is 13.6. The predicted octanol–water partition coefficient (Wildman–Crippen LogP) is 3.48. The molecular weight excluding hydrogens is 651 g/mol. The number of amides is 1. The van der Waals surface area contributed by atoms with E-state index in [2.05, 4.69) is 20.0 Å². The van der Waals surface area contributed by atoms with E-state index in [4.69, 9.17) is 50.7 Å². The Morgan fingerprint density at radius 2 is 1.42 bits per heavy atom. The molecule has 0 aliphatic heterocycles. The van der Waals surface area contributed by atoms with Crippen LogP contribution in [0, 0.1) is 0 Å². The molecule has 0 fully saturated rings. The number of nitrogens with one attached hydrogen (secondary N) is 1. The summed E-state index contributed by atoms with van der Waals surface area (Å²) >= 11 is 0. The SMILES string of the molecule is CCOC(=O)C1=C[C@@H](OC(CC)CC)[C@H](N)[C@@H](N=[N+]=[N-])C1.CCOC(=O)C1=C[C@@H](OC(CC)CC)[C@H](NC(C)=O)[C@@H](N)C1.O=[P+]([O-])OO.[HH]. The van der Waals surface area contributed by atoms with E-state index >= 15 is 0 Å². The fraction of sp³-hybridized carbons (Fsp3) is 0.767. The fourth-order valence-corrected chi connectivity index (χ4v) is 4.97. The average molecular weight is 707 g/mol. The van der Waals surface area contributed by atoms with Crippen molar-refractivity contribution in [3.05, 3.63) is 33.7 Å². The number of carbonyl (C=O) groups excluding carboxylic acids is 3. The molecule has 1 amide bonds. The van der Waals surface area contributed by atoms with Crippen LogP contribution in [0.25, 0.3) is 10.4 Å². The van der Waals surface area contributed by atoms with Gasteiger partial charge in [-0.15, -0.1) is 0 Å². The first-order chi connectivity index (χ1) is 22.8. The molecular formula is C30H55N6O11P. The Kier molecular flexibility index (Phi) is 23.5. The van der Waals surface area contributed by atoms with Gasteiger partial charge in [0, 0.05) is 41.2 Å². The molecule has 0 bridgehead atoms. The Labute approximate surface area is 284 Å². The molecule has 0 aromatic rings. The van der Waals surface area contributed by atoms with Gasteiger partial charge in [0.25, 0.3) is 0 Å². The fourth-order valence-electron chi connectivity index (χ4n) is 4.97.